The van der Waals surface area contributed by atoms with Gasteiger partial charge in [-0.2, -0.15) is 0 Å². The Kier molecular flexibility index (Phi) is 5.47. The lowest BCUT2D eigenvalue weighted by Gasteiger charge is -2.30. The van der Waals surface area contributed by atoms with Crippen LogP contribution in [-0.4, -0.2) is 35.3 Å². The van der Waals surface area contributed by atoms with Gasteiger partial charge in [0.05, 0.1) is 6.61 Å². The largest absolute Gasteiger partial charge is 0.395 e. The average Bonchev–Trinajstić information content (AvgIpc) is 2.61. The zero-order valence-electron chi connectivity index (χ0n) is 13.9. The number of fused-ring (bicyclic) bond motifs is 1. The Morgan fingerprint density at radius 2 is 1.91 bits per heavy atom. The van der Waals surface area contributed by atoms with Crippen LogP contribution in [0.4, 0.5) is 5.69 Å². The van der Waals surface area contributed by atoms with E-state index in [1.165, 1.54) is 47.7 Å². The minimum Gasteiger partial charge on any atom is -0.395 e. The van der Waals surface area contributed by atoms with Crippen molar-refractivity contribution >= 4 is 16.5 Å². The molecule has 0 amide bonds. The van der Waals surface area contributed by atoms with Crippen LogP contribution in [0.25, 0.3) is 10.8 Å². The van der Waals surface area contributed by atoms with Crippen molar-refractivity contribution in [1.82, 2.24) is 10.3 Å². The molecular formula is C19H27N3O. The lowest BCUT2D eigenvalue weighted by atomic mass is 9.90. The van der Waals surface area contributed by atoms with E-state index < -0.39 is 0 Å². The quantitative estimate of drug-likeness (QED) is 0.767. The summed E-state index contributed by atoms with van der Waals surface area (Å²) in [4.78, 5) is 4.35. The molecule has 23 heavy (non-hydrogen) atoms. The summed E-state index contributed by atoms with van der Waals surface area (Å²) in [6.07, 6.45) is 9.63. The second kappa shape index (κ2) is 7.75. The van der Waals surface area contributed by atoms with Crippen LogP contribution in [0.1, 0.15) is 38.2 Å². The first-order valence-corrected chi connectivity index (χ1v) is 8.78. The minimum atomic E-state index is 0.224. The summed E-state index contributed by atoms with van der Waals surface area (Å²) in [6.45, 7) is 3.12. The van der Waals surface area contributed by atoms with Crippen LogP contribution in [0, 0.1) is 0 Å². The molecule has 3 rings (SSSR count). The predicted octanol–water partition coefficient (Wildman–Crippen LogP) is 3.10. The molecule has 0 atom stereocenters. The maximum Gasteiger partial charge on any atom is 0.0556 e. The Labute approximate surface area is 138 Å². The molecule has 4 nitrogen and oxygen atoms in total. The number of hydrogen-bond donors (Lipinski definition) is 3. The number of pyridine rings is 1. The minimum absolute atomic E-state index is 0.224. The summed E-state index contributed by atoms with van der Waals surface area (Å²) >= 11 is 0. The Morgan fingerprint density at radius 3 is 2.65 bits per heavy atom. The van der Waals surface area contributed by atoms with Gasteiger partial charge in [-0.15, -0.1) is 0 Å². The van der Waals surface area contributed by atoms with Crippen molar-refractivity contribution in [2.45, 2.75) is 51.1 Å². The number of aryl methyl sites for hydroxylation is 1. The summed E-state index contributed by atoms with van der Waals surface area (Å²) in [7, 11) is 0. The van der Waals surface area contributed by atoms with Gasteiger partial charge in [-0.05, 0) is 43.7 Å². The van der Waals surface area contributed by atoms with Crippen molar-refractivity contribution in [3.63, 3.8) is 0 Å². The third kappa shape index (κ3) is 3.82. The smallest absolute Gasteiger partial charge is 0.0556 e. The highest BCUT2D eigenvalue weighted by atomic mass is 16.3. The van der Waals surface area contributed by atoms with Crippen molar-refractivity contribution in [2.24, 2.45) is 0 Å². The van der Waals surface area contributed by atoms with E-state index in [4.69, 9.17) is 5.11 Å². The van der Waals surface area contributed by atoms with Gasteiger partial charge in [0.1, 0.15) is 0 Å². The van der Waals surface area contributed by atoms with Crippen LogP contribution in [-0.2, 0) is 6.42 Å². The van der Waals surface area contributed by atoms with Gasteiger partial charge in [0, 0.05) is 47.5 Å². The van der Waals surface area contributed by atoms with E-state index in [1.807, 2.05) is 12.4 Å². The first kappa shape index (κ1) is 16.2. The summed E-state index contributed by atoms with van der Waals surface area (Å²) in [6, 6.07) is 7.54. The zero-order chi connectivity index (χ0) is 16.1. The van der Waals surface area contributed by atoms with Gasteiger partial charge in [0.2, 0.25) is 0 Å². The molecule has 0 bridgehead atoms. The predicted molar refractivity (Wildman–Crippen MR) is 95.9 cm³/mol. The Balaban J connectivity index is 1.70. The summed E-state index contributed by atoms with van der Waals surface area (Å²) in [5, 5.41) is 18.6. The Hall–Kier alpha value is -1.65. The Morgan fingerprint density at radius 1 is 1.13 bits per heavy atom. The molecule has 0 saturated heterocycles. The number of nitrogens with zero attached hydrogens (tertiary/aromatic N) is 1. The highest BCUT2D eigenvalue weighted by Gasteiger charge is 2.21. The van der Waals surface area contributed by atoms with E-state index in [9.17, 15) is 0 Å². The van der Waals surface area contributed by atoms with Crippen molar-refractivity contribution in [2.75, 3.05) is 18.5 Å². The van der Waals surface area contributed by atoms with Gasteiger partial charge in [0.25, 0.3) is 0 Å². The lowest BCUT2D eigenvalue weighted by molar-refractivity contribution is 0.269. The molecule has 1 aliphatic carbocycles. The van der Waals surface area contributed by atoms with Gasteiger partial charge >= 0.3 is 0 Å². The zero-order valence-corrected chi connectivity index (χ0v) is 13.9. The van der Waals surface area contributed by atoms with Gasteiger partial charge in [-0.1, -0.05) is 19.1 Å². The molecule has 1 saturated carbocycles. The van der Waals surface area contributed by atoms with Crippen LogP contribution in [0.5, 0.6) is 0 Å². The van der Waals surface area contributed by atoms with Gasteiger partial charge in [-0.3, -0.25) is 4.98 Å². The molecule has 0 unspecified atom stereocenters. The molecule has 1 heterocycles. The number of aromatic nitrogens is 1. The number of benzene rings is 1. The van der Waals surface area contributed by atoms with E-state index >= 15 is 0 Å². The van der Waals surface area contributed by atoms with E-state index in [2.05, 4.69) is 40.7 Å². The molecule has 1 aliphatic rings. The summed E-state index contributed by atoms with van der Waals surface area (Å²) < 4.78 is 0. The first-order valence-electron chi connectivity index (χ1n) is 8.78. The SMILES string of the molecule is CCc1cncc2cccc(N[C@H]3CC[C@@H](NCCO)CC3)c12. The first-order chi connectivity index (χ1) is 11.3. The fourth-order valence-electron chi connectivity index (χ4n) is 3.63. The normalized spacial score (nSPS) is 21.5. The van der Waals surface area contributed by atoms with Crippen molar-refractivity contribution in [3.8, 4) is 0 Å². The van der Waals surface area contributed by atoms with Gasteiger partial charge < -0.3 is 15.7 Å². The second-order valence-corrected chi connectivity index (χ2v) is 6.43. The topological polar surface area (TPSA) is 57.2 Å². The van der Waals surface area contributed by atoms with E-state index in [1.54, 1.807) is 0 Å². The Bertz CT molecular complexity index is 630. The van der Waals surface area contributed by atoms with Crippen LogP contribution < -0.4 is 10.6 Å². The molecule has 2 aromatic rings. The molecule has 1 fully saturated rings. The lowest BCUT2D eigenvalue weighted by Crippen LogP contribution is -2.38. The third-order valence-corrected chi connectivity index (χ3v) is 4.87. The fourth-order valence-corrected chi connectivity index (χ4v) is 3.63. The monoisotopic (exact) mass is 313 g/mol. The number of hydrogen-bond acceptors (Lipinski definition) is 4. The fraction of sp³-hybridized carbons (Fsp3) is 0.526. The van der Waals surface area contributed by atoms with Crippen LogP contribution in [0.3, 0.4) is 0 Å². The molecule has 4 heteroatoms. The highest BCUT2D eigenvalue weighted by Crippen LogP contribution is 2.29. The van der Waals surface area contributed by atoms with Gasteiger partial charge in [-0.25, -0.2) is 0 Å². The molecular weight excluding hydrogens is 286 g/mol. The number of rotatable bonds is 6. The van der Waals surface area contributed by atoms with Gasteiger partial charge in [0.15, 0.2) is 0 Å². The summed E-state index contributed by atoms with van der Waals surface area (Å²) in [5.41, 5.74) is 2.55. The number of anilines is 1. The van der Waals surface area contributed by atoms with E-state index in [0.29, 0.717) is 18.6 Å². The number of nitrogens with one attached hydrogen (secondary N) is 2. The van der Waals surface area contributed by atoms with Crippen molar-refractivity contribution in [1.29, 1.82) is 0 Å². The molecule has 3 N–H and O–H groups in total. The molecule has 124 valence electrons. The average molecular weight is 313 g/mol. The standard InChI is InChI=1S/C19H27N3O/c1-2-14-12-20-13-15-4-3-5-18(19(14)15)22-17-8-6-16(7-9-17)21-10-11-23/h3-5,12-13,16-17,21-23H,2,6-11H2,1H3/t16-,17+. The van der Waals surface area contributed by atoms with Crippen molar-refractivity contribution < 1.29 is 5.11 Å². The van der Waals surface area contributed by atoms with E-state index in [-0.39, 0.29) is 6.61 Å². The van der Waals surface area contributed by atoms with Crippen LogP contribution in [0.15, 0.2) is 30.6 Å². The highest BCUT2D eigenvalue weighted by molar-refractivity contribution is 5.96. The second-order valence-electron chi connectivity index (χ2n) is 6.43. The maximum absolute atomic E-state index is 8.91. The van der Waals surface area contributed by atoms with Crippen LogP contribution in [0.2, 0.25) is 0 Å². The molecule has 1 aromatic carbocycles. The number of aliphatic hydroxyl groups excluding tert-OH is 1. The van der Waals surface area contributed by atoms with E-state index in [0.717, 1.165) is 6.42 Å². The summed E-state index contributed by atoms with van der Waals surface area (Å²) in [5.74, 6) is 0. The molecule has 0 aliphatic heterocycles. The molecule has 0 radical (unpaired) electrons. The number of aliphatic hydroxyl groups is 1. The van der Waals surface area contributed by atoms with Crippen molar-refractivity contribution in [3.05, 3.63) is 36.2 Å². The molecule has 1 aromatic heterocycles. The molecule has 0 spiro atoms. The van der Waals surface area contributed by atoms with Crippen LogP contribution >= 0.6 is 0 Å². The third-order valence-electron chi connectivity index (χ3n) is 4.87. The maximum atomic E-state index is 8.91.